The number of hydrogen-bond donors (Lipinski definition) is 3. The molecule has 1 atom stereocenters. The number of likely N-dealkylation sites (tertiary alicyclic amines) is 1. The number of rotatable bonds is 7. The Hall–Kier alpha value is -4.71. The van der Waals surface area contributed by atoms with Crippen LogP contribution in [0, 0.1) is 22.2 Å². The number of nitrogens with one attached hydrogen (secondary N) is 2. The minimum Gasteiger partial charge on any atom is -0.457 e. The number of nitrogens with two attached hydrogens (primary N) is 1. The van der Waals surface area contributed by atoms with Crippen molar-refractivity contribution in [2.45, 2.75) is 39.7 Å². The summed E-state index contributed by atoms with van der Waals surface area (Å²) in [6.07, 6.45) is 4.65. The highest BCUT2D eigenvalue weighted by Gasteiger charge is 2.28. The Morgan fingerprint density at radius 2 is 1.85 bits per heavy atom. The number of para-hydroxylation sites is 1. The molecular formula is C30H33N7O2. The number of benzene rings is 2. The largest absolute Gasteiger partial charge is 0.457 e. The van der Waals surface area contributed by atoms with Crippen LogP contribution in [0.2, 0.25) is 0 Å². The lowest BCUT2D eigenvalue weighted by Gasteiger charge is -2.34. The fraction of sp³-hybridized carbons (Fsp3) is 0.300. The van der Waals surface area contributed by atoms with Crippen LogP contribution in [0.5, 0.6) is 11.5 Å². The standard InChI is InChI=1S/C30H33N7O2/c1-30(2,3)16-21(17-31)29(38)37-15-7-8-22(18-37)36-28-25(27(33)34-19-35-28)26(32)20-11-13-24(14-12-20)39-23-9-5-4-6-10-23/h4-6,9-14,16,19,22,32H,7-8,15,18H2,1-3H3,(H3,33,34,35,36)/b21-16+,32-26?. The number of nitrogen functional groups attached to an aromatic ring is 1. The molecule has 0 bridgehead atoms. The van der Waals surface area contributed by atoms with Crippen molar-refractivity contribution >= 4 is 23.3 Å². The summed E-state index contributed by atoms with van der Waals surface area (Å²) in [6.45, 7) is 6.85. The molecule has 0 saturated carbocycles. The van der Waals surface area contributed by atoms with E-state index in [4.69, 9.17) is 15.9 Å². The van der Waals surface area contributed by atoms with E-state index in [0.717, 1.165) is 18.6 Å². The highest BCUT2D eigenvalue weighted by molar-refractivity contribution is 6.16. The third-order valence-electron chi connectivity index (χ3n) is 6.23. The van der Waals surface area contributed by atoms with E-state index in [9.17, 15) is 10.1 Å². The van der Waals surface area contributed by atoms with Gasteiger partial charge in [0, 0.05) is 24.7 Å². The van der Waals surface area contributed by atoms with Crippen LogP contribution in [0.4, 0.5) is 11.6 Å². The molecule has 3 aromatic rings. The fourth-order valence-corrected chi connectivity index (χ4v) is 4.43. The zero-order valence-electron chi connectivity index (χ0n) is 22.4. The normalized spacial score (nSPS) is 15.8. The smallest absolute Gasteiger partial charge is 0.264 e. The third-order valence-corrected chi connectivity index (χ3v) is 6.23. The van der Waals surface area contributed by atoms with E-state index in [1.54, 1.807) is 35.2 Å². The second-order valence-corrected chi connectivity index (χ2v) is 10.6. The molecule has 1 aromatic heterocycles. The van der Waals surface area contributed by atoms with Gasteiger partial charge in [-0.05, 0) is 54.7 Å². The van der Waals surface area contributed by atoms with Crippen LogP contribution in [0.25, 0.3) is 0 Å². The van der Waals surface area contributed by atoms with Gasteiger partial charge >= 0.3 is 0 Å². The van der Waals surface area contributed by atoms with Gasteiger partial charge in [0.25, 0.3) is 5.91 Å². The van der Waals surface area contributed by atoms with E-state index in [0.29, 0.717) is 35.8 Å². The summed E-state index contributed by atoms with van der Waals surface area (Å²) in [6, 6.07) is 18.6. The lowest BCUT2D eigenvalue weighted by Crippen LogP contribution is -2.46. The first-order valence-electron chi connectivity index (χ1n) is 12.9. The first kappa shape index (κ1) is 27.3. The van der Waals surface area contributed by atoms with Gasteiger partial charge in [0.2, 0.25) is 0 Å². The third kappa shape index (κ3) is 6.99. The van der Waals surface area contributed by atoms with Gasteiger partial charge in [-0.25, -0.2) is 9.97 Å². The van der Waals surface area contributed by atoms with Crippen molar-refractivity contribution in [3.8, 4) is 17.6 Å². The van der Waals surface area contributed by atoms with Gasteiger partial charge in [0.15, 0.2) is 0 Å². The molecule has 4 N–H and O–H groups in total. The molecule has 1 amide bonds. The summed E-state index contributed by atoms with van der Waals surface area (Å²) < 4.78 is 5.86. The topological polar surface area (TPSA) is 141 Å². The van der Waals surface area contributed by atoms with Gasteiger partial charge in [0.05, 0.1) is 11.3 Å². The molecule has 4 rings (SSSR count). The van der Waals surface area contributed by atoms with Gasteiger partial charge in [-0.3, -0.25) is 10.2 Å². The Morgan fingerprint density at radius 1 is 1.15 bits per heavy atom. The monoisotopic (exact) mass is 523 g/mol. The summed E-state index contributed by atoms with van der Waals surface area (Å²) >= 11 is 0. The van der Waals surface area contributed by atoms with Crippen LogP contribution >= 0.6 is 0 Å². The number of carbonyl (C=O) groups excluding carboxylic acids is 1. The van der Waals surface area contributed by atoms with Crippen LogP contribution in [-0.2, 0) is 4.79 Å². The average Bonchev–Trinajstić information content (AvgIpc) is 2.92. The predicted octanol–water partition coefficient (Wildman–Crippen LogP) is 5.17. The van der Waals surface area contributed by atoms with Crippen molar-refractivity contribution < 1.29 is 9.53 Å². The van der Waals surface area contributed by atoms with E-state index in [2.05, 4.69) is 21.4 Å². The predicted molar refractivity (Wildman–Crippen MR) is 152 cm³/mol. The Labute approximate surface area is 228 Å². The van der Waals surface area contributed by atoms with Gasteiger partial charge in [-0.2, -0.15) is 5.26 Å². The summed E-state index contributed by atoms with van der Waals surface area (Å²) in [5, 5.41) is 21.8. The van der Waals surface area contributed by atoms with Crippen molar-refractivity contribution in [1.29, 1.82) is 10.7 Å². The summed E-state index contributed by atoms with van der Waals surface area (Å²) in [5.41, 5.74) is 7.28. The number of anilines is 2. The quantitative estimate of drug-likeness (QED) is 0.220. The number of amides is 1. The maximum Gasteiger partial charge on any atom is 0.264 e. The van der Waals surface area contributed by atoms with Crippen LogP contribution in [0.1, 0.15) is 44.7 Å². The van der Waals surface area contributed by atoms with Crippen LogP contribution < -0.4 is 15.8 Å². The van der Waals surface area contributed by atoms with E-state index in [1.165, 1.54) is 6.33 Å². The molecule has 2 aromatic carbocycles. The van der Waals surface area contributed by atoms with Crippen LogP contribution in [0.3, 0.4) is 0 Å². The van der Waals surface area contributed by atoms with Crippen molar-refractivity contribution in [2.75, 3.05) is 24.1 Å². The molecular weight excluding hydrogens is 490 g/mol. The maximum atomic E-state index is 13.1. The number of ether oxygens (including phenoxy) is 1. The SMILES string of the molecule is CC(C)(C)/C=C(\C#N)C(=O)N1CCCC(Nc2ncnc(N)c2C(=N)c2ccc(Oc3ccccc3)cc2)C1. The Bertz CT molecular complexity index is 1400. The average molecular weight is 524 g/mol. The molecule has 9 nitrogen and oxygen atoms in total. The van der Waals surface area contributed by atoms with Crippen molar-refractivity contribution in [2.24, 2.45) is 5.41 Å². The number of nitriles is 1. The minimum absolute atomic E-state index is 0.125. The Balaban J connectivity index is 1.50. The molecule has 0 radical (unpaired) electrons. The molecule has 1 unspecified atom stereocenters. The number of aromatic nitrogens is 2. The molecule has 1 fully saturated rings. The Morgan fingerprint density at radius 3 is 2.51 bits per heavy atom. The zero-order chi connectivity index (χ0) is 28.0. The number of hydrogen-bond acceptors (Lipinski definition) is 8. The fourth-order valence-electron chi connectivity index (χ4n) is 4.43. The summed E-state index contributed by atoms with van der Waals surface area (Å²) in [7, 11) is 0. The molecule has 1 aliphatic heterocycles. The molecule has 0 spiro atoms. The molecule has 200 valence electrons. The maximum absolute atomic E-state index is 13.1. The second-order valence-electron chi connectivity index (χ2n) is 10.6. The molecule has 2 heterocycles. The highest BCUT2D eigenvalue weighted by Crippen LogP contribution is 2.27. The van der Waals surface area contributed by atoms with E-state index < -0.39 is 0 Å². The molecule has 0 aliphatic carbocycles. The van der Waals surface area contributed by atoms with E-state index >= 15 is 0 Å². The summed E-state index contributed by atoms with van der Waals surface area (Å²) in [4.78, 5) is 23.3. The van der Waals surface area contributed by atoms with Crippen molar-refractivity contribution in [3.05, 3.63) is 83.7 Å². The molecule has 39 heavy (non-hydrogen) atoms. The van der Waals surface area contributed by atoms with Gasteiger partial charge in [0.1, 0.15) is 41.1 Å². The van der Waals surface area contributed by atoms with Crippen LogP contribution in [0.15, 0.2) is 72.6 Å². The molecule has 9 heteroatoms. The zero-order valence-corrected chi connectivity index (χ0v) is 22.4. The van der Waals surface area contributed by atoms with Crippen LogP contribution in [-0.4, -0.2) is 45.6 Å². The van der Waals surface area contributed by atoms with Crippen molar-refractivity contribution in [3.63, 3.8) is 0 Å². The molecule has 1 aliphatic rings. The number of piperidine rings is 1. The lowest BCUT2D eigenvalue weighted by molar-refractivity contribution is -0.127. The van der Waals surface area contributed by atoms with E-state index in [-0.39, 0.29) is 34.5 Å². The lowest BCUT2D eigenvalue weighted by atomic mass is 9.93. The van der Waals surface area contributed by atoms with Gasteiger partial charge in [-0.15, -0.1) is 0 Å². The summed E-state index contributed by atoms with van der Waals surface area (Å²) in [5.74, 6) is 1.72. The van der Waals surface area contributed by atoms with Gasteiger partial charge in [-0.1, -0.05) is 45.0 Å². The Kier molecular flexibility index (Phi) is 8.25. The number of allylic oxidation sites excluding steroid dienone is 1. The number of carbonyl (C=O) groups is 1. The first-order valence-corrected chi connectivity index (χ1v) is 12.9. The minimum atomic E-state index is -0.284. The number of nitrogens with zero attached hydrogens (tertiary/aromatic N) is 4. The van der Waals surface area contributed by atoms with E-state index in [1.807, 2.05) is 51.1 Å². The van der Waals surface area contributed by atoms with Crippen molar-refractivity contribution in [1.82, 2.24) is 14.9 Å². The van der Waals surface area contributed by atoms with Gasteiger partial charge < -0.3 is 20.7 Å². The highest BCUT2D eigenvalue weighted by atomic mass is 16.5. The first-order chi connectivity index (χ1) is 18.6. The second kappa shape index (κ2) is 11.8. The molecule has 1 saturated heterocycles.